The number of halogens is 5. The van der Waals surface area contributed by atoms with Crippen molar-refractivity contribution in [3.63, 3.8) is 0 Å². The molecule has 138 valence electrons. The number of rotatable bonds is 5. The predicted molar refractivity (Wildman–Crippen MR) is 80.9 cm³/mol. The largest absolute Gasteiger partial charge is 0.491 e. The summed E-state index contributed by atoms with van der Waals surface area (Å²) in [5.41, 5.74) is 0.670. The van der Waals surface area contributed by atoms with Crippen molar-refractivity contribution in [2.45, 2.75) is 45.9 Å². The van der Waals surface area contributed by atoms with E-state index in [1.807, 2.05) is 0 Å². The van der Waals surface area contributed by atoms with Crippen LogP contribution in [0, 0.1) is 32.1 Å². The van der Waals surface area contributed by atoms with Gasteiger partial charge in [0, 0.05) is 0 Å². The second kappa shape index (κ2) is 7.40. The average Bonchev–Trinajstić information content (AvgIpc) is 2.44. The minimum absolute atomic E-state index is 0.0947. The summed E-state index contributed by atoms with van der Waals surface area (Å²) in [6.07, 6.45) is -7.93. The van der Waals surface area contributed by atoms with Crippen LogP contribution in [0.1, 0.15) is 35.3 Å². The molecule has 25 heavy (non-hydrogen) atoms. The van der Waals surface area contributed by atoms with Crippen LogP contribution < -0.4 is 0 Å². The average molecular weight is 363 g/mol. The number of benzene rings is 1. The number of aryl methyl sites for hydroxylation is 3. The molecule has 0 aromatic heterocycles. The number of hydrogen-bond acceptors (Lipinski definition) is 3. The first kappa shape index (κ1) is 20.9. The van der Waals surface area contributed by atoms with Crippen LogP contribution in [0.4, 0.5) is 22.0 Å². The number of allylic oxidation sites excluding steroid dienone is 1. The minimum Gasteiger partial charge on any atom is -0.491 e. The SMILES string of the molecule is CCO/C(=C(/C#N)C(O)c1c(C)cc(C)cc1C)C(F)(F)C(F)(F)F. The number of aliphatic hydroxyl groups excluding tert-OH is 1. The molecule has 0 saturated carbocycles. The molecule has 1 aromatic rings. The molecule has 0 saturated heterocycles. The van der Waals surface area contributed by atoms with Crippen LogP contribution in [-0.4, -0.2) is 23.8 Å². The number of hydrogen-bond donors (Lipinski definition) is 1. The van der Waals surface area contributed by atoms with Crippen molar-refractivity contribution in [3.8, 4) is 6.07 Å². The Labute approximate surface area is 142 Å². The Hall–Kier alpha value is -2.14. The first-order valence-corrected chi connectivity index (χ1v) is 7.36. The molecule has 0 bridgehead atoms. The van der Waals surface area contributed by atoms with Gasteiger partial charge in [0.25, 0.3) is 0 Å². The topological polar surface area (TPSA) is 53.2 Å². The fourth-order valence-corrected chi connectivity index (χ4v) is 2.61. The van der Waals surface area contributed by atoms with Gasteiger partial charge in [-0.1, -0.05) is 17.7 Å². The van der Waals surface area contributed by atoms with Gasteiger partial charge in [0.15, 0.2) is 5.76 Å². The summed E-state index contributed by atoms with van der Waals surface area (Å²) in [5.74, 6) is -7.28. The molecule has 8 heteroatoms. The molecule has 0 aliphatic heterocycles. The van der Waals surface area contributed by atoms with Gasteiger partial charge in [-0.25, -0.2) is 0 Å². The highest BCUT2D eigenvalue weighted by molar-refractivity contribution is 5.46. The Morgan fingerprint density at radius 1 is 1.16 bits per heavy atom. The summed E-state index contributed by atoms with van der Waals surface area (Å²) in [4.78, 5) is 0. The summed E-state index contributed by atoms with van der Waals surface area (Å²) in [6.45, 7) is 5.58. The Kier molecular flexibility index (Phi) is 6.19. The molecule has 0 aliphatic rings. The normalized spacial score (nSPS) is 14.6. The molecule has 1 unspecified atom stereocenters. The molecular weight excluding hydrogens is 345 g/mol. The Bertz CT molecular complexity index is 694. The number of aliphatic hydroxyl groups is 1. The van der Waals surface area contributed by atoms with E-state index >= 15 is 0 Å². The van der Waals surface area contributed by atoms with E-state index in [0.717, 1.165) is 5.56 Å². The van der Waals surface area contributed by atoms with Crippen molar-refractivity contribution in [2.24, 2.45) is 0 Å². The van der Waals surface area contributed by atoms with Crippen LogP contribution in [-0.2, 0) is 4.74 Å². The van der Waals surface area contributed by atoms with Crippen LogP contribution >= 0.6 is 0 Å². The lowest BCUT2D eigenvalue weighted by Gasteiger charge is -2.25. The third-order valence-corrected chi connectivity index (χ3v) is 3.58. The fourth-order valence-electron chi connectivity index (χ4n) is 2.61. The van der Waals surface area contributed by atoms with Gasteiger partial charge in [-0.3, -0.25) is 0 Å². The van der Waals surface area contributed by atoms with Gasteiger partial charge >= 0.3 is 12.1 Å². The molecule has 0 heterocycles. The Balaban J connectivity index is 3.66. The smallest absolute Gasteiger partial charge is 0.461 e. The van der Waals surface area contributed by atoms with Gasteiger partial charge in [0.2, 0.25) is 0 Å². The molecule has 3 nitrogen and oxygen atoms in total. The summed E-state index contributed by atoms with van der Waals surface area (Å²) < 4.78 is 70.2. The van der Waals surface area contributed by atoms with Crippen molar-refractivity contribution in [3.05, 3.63) is 45.7 Å². The molecule has 1 aromatic carbocycles. The van der Waals surface area contributed by atoms with Crippen molar-refractivity contribution in [2.75, 3.05) is 6.61 Å². The second-order valence-electron chi connectivity index (χ2n) is 5.57. The van der Waals surface area contributed by atoms with E-state index < -0.39 is 36.1 Å². The molecule has 0 spiro atoms. The highest BCUT2D eigenvalue weighted by Gasteiger charge is 2.63. The van der Waals surface area contributed by atoms with Crippen molar-refractivity contribution >= 4 is 0 Å². The highest BCUT2D eigenvalue weighted by atomic mass is 19.4. The van der Waals surface area contributed by atoms with E-state index in [2.05, 4.69) is 4.74 Å². The van der Waals surface area contributed by atoms with Crippen molar-refractivity contribution in [1.29, 1.82) is 5.26 Å². The van der Waals surface area contributed by atoms with Gasteiger partial charge in [0.05, 0.1) is 6.61 Å². The third kappa shape index (κ3) is 4.10. The third-order valence-electron chi connectivity index (χ3n) is 3.58. The predicted octanol–water partition coefficient (Wildman–Crippen LogP) is 4.66. The summed E-state index contributed by atoms with van der Waals surface area (Å²) in [7, 11) is 0. The second-order valence-corrected chi connectivity index (χ2v) is 5.57. The van der Waals surface area contributed by atoms with Crippen molar-refractivity contribution in [1.82, 2.24) is 0 Å². The molecule has 0 radical (unpaired) electrons. The van der Waals surface area contributed by atoms with Gasteiger partial charge in [-0.05, 0) is 44.4 Å². The van der Waals surface area contributed by atoms with E-state index in [1.54, 1.807) is 32.9 Å². The number of nitrogens with zero attached hydrogens (tertiary/aromatic N) is 1. The van der Waals surface area contributed by atoms with E-state index in [0.29, 0.717) is 11.1 Å². The number of alkyl halides is 5. The van der Waals surface area contributed by atoms with Crippen LogP contribution in [0.2, 0.25) is 0 Å². The maximum absolute atomic E-state index is 13.8. The quantitative estimate of drug-likeness (QED) is 0.470. The summed E-state index contributed by atoms with van der Waals surface area (Å²) in [5, 5.41) is 19.6. The fraction of sp³-hybridized carbons (Fsp3) is 0.471. The van der Waals surface area contributed by atoms with E-state index in [4.69, 9.17) is 0 Å². The Morgan fingerprint density at radius 2 is 1.64 bits per heavy atom. The van der Waals surface area contributed by atoms with Gasteiger partial charge in [-0.2, -0.15) is 27.2 Å². The van der Waals surface area contributed by atoms with Crippen LogP contribution in [0.3, 0.4) is 0 Å². The molecule has 1 atom stereocenters. The monoisotopic (exact) mass is 363 g/mol. The lowest BCUT2D eigenvalue weighted by molar-refractivity contribution is -0.277. The summed E-state index contributed by atoms with van der Waals surface area (Å²) >= 11 is 0. The van der Waals surface area contributed by atoms with Crippen LogP contribution in [0.15, 0.2) is 23.5 Å². The molecule has 1 N–H and O–H groups in total. The van der Waals surface area contributed by atoms with Gasteiger partial charge in [0.1, 0.15) is 17.7 Å². The summed E-state index contributed by atoms with van der Waals surface area (Å²) in [6, 6.07) is 4.51. The lowest BCUT2D eigenvalue weighted by Crippen LogP contribution is -2.40. The molecule has 0 amide bonds. The first-order valence-electron chi connectivity index (χ1n) is 7.36. The number of ether oxygens (including phenoxy) is 1. The standard InChI is InChI=1S/C17H18F5NO2/c1-5-25-15(16(18,19)17(20,21)22)12(8-23)14(24)13-10(3)6-9(2)7-11(13)4/h6-7,14,24H,5H2,1-4H3/b15-12-. The van der Waals surface area contributed by atoms with Gasteiger partial charge < -0.3 is 9.84 Å². The highest BCUT2D eigenvalue weighted by Crippen LogP contribution is 2.44. The number of nitriles is 1. The molecule has 0 fully saturated rings. The maximum Gasteiger partial charge on any atom is 0.461 e. The molecule has 1 rings (SSSR count). The van der Waals surface area contributed by atoms with Crippen molar-refractivity contribution < 1.29 is 31.8 Å². The zero-order chi connectivity index (χ0) is 19.6. The maximum atomic E-state index is 13.8. The first-order chi connectivity index (χ1) is 11.4. The van der Waals surface area contributed by atoms with Crippen LogP contribution in [0.25, 0.3) is 0 Å². The lowest BCUT2D eigenvalue weighted by atomic mass is 9.91. The van der Waals surface area contributed by atoms with Crippen LogP contribution in [0.5, 0.6) is 0 Å². The zero-order valence-electron chi connectivity index (χ0n) is 14.1. The molecule has 0 aliphatic carbocycles. The van der Waals surface area contributed by atoms with E-state index in [1.165, 1.54) is 13.0 Å². The van der Waals surface area contributed by atoms with E-state index in [-0.39, 0.29) is 5.56 Å². The Morgan fingerprint density at radius 3 is 2.00 bits per heavy atom. The van der Waals surface area contributed by atoms with Gasteiger partial charge in [-0.15, -0.1) is 0 Å². The minimum atomic E-state index is -5.96. The zero-order valence-corrected chi connectivity index (χ0v) is 14.1. The van der Waals surface area contributed by atoms with E-state index in [9.17, 15) is 32.3 Å². The molecular formula is C17H18F5NO2.